The third kappa shape index (κ3) is 2.73. The van der Waals surface area contributed by atoms with Gasteiger partial charge in [0.15, 0.2) is 0 Å². The molecule has 2 aliphatic rings. The molecular formula is C19H23FN2O3. The Hall–Kier alpha value is -2.24. The van der Waals surface area contributed by atoms with E-state index in [1.807, 2.05) is 20.8 Å². The Balaban J connectivity index is 1.66. The number of nitrogens with one attached hydrogen (secondary N) is 1. The van der Waals surface area contributed by atoms with Gasteiger partial charge in [-0.3, -0.25) is 19.3 Å². The lowest BCUT2D eigenvalue weighted by Crippen LogP contribution is -2.59. The summed E-state index contributed by atoms with van der Waals surface area (Å²) in [6.07, 6.45) is 1.40. The molecule has 0 spiro atoms. The van der Waals surface area contributed by atoms with E-state index in [1.165, 1.54) is 23.1 Å². The van der Waals surface area contributed by atoms with Crippen LogP contribution in [-0.2, 0) is 14.4 Å². The zero-order valence-electron chi connectivity index (χ0n) is 14.8. The molecule has 1 N–H and O–H groups in total. The van der Waals surface area contributed by atoms with Gasteiger partial charge in [0.05, 0.1) is 5.41 Å². The summed E-state index contributed by atoms with van der Waals surface area (Å²) in [5.41, 5.74) is -0.569. The van der Waals surface area contributed by atoms with Gasteiger partial charge >= 0.3 is 0 Å². The number of likely N-dealkylation sites (tertiary alicyclic amines) is 1. The highest BCUT2D eigenvalue weighted by Gasteiger charge is 2.64. The fraction of sp³-hybridized carbons (Fsp3) is 0.526. The van der Waals surface area contributed by atoms with Crippen molar-refractivity contribution in [2.45, 2.75) is 40.0 Å². The summed E-state index contributed by atoms with van der Waals surface area (Å²) in [6.45, 7) is 5.94. The fourth-order valence-corrected chi connectivity index (χ4v) is 4.12. The second-order valence-corrected chi connectivity index (χ2v) is 7.75. The average Bonchev–Trinajstić information content (AvgIpc) is 2.71. The molecule has 5 nitrogen and oxygen atoms in total. The lowest BCUT2D eigenvalue weighted by atomic mass is 9.62. The number of hydrogen-bond acceptors (Lipinski definition) is 3. The summed E-state index contributed by atoms with van der Waals surface area (Å²) in [6, 6.07) is 5.60. The standard InChI is InChI=1S/C19H23FN2O3/c1-18(2)14-7-9-19(18,3)17(25)22(16(14)24)10-8-15(23)21-13-6-4-5-12(20)11-13/h4-6,11,14H,7-10H2,1-3H3,(H,21,23). The van der Waals surface area contributed by atoms with Gasteiger partial charge in [-0.15, -0.1) is 0 Å². The maximum Gasteiger partial charge on any atom is 0.235 e. The summed E-state index contributed by atoms with van der Waals surface area (Å²) < 4.78 is 13.2. The lowest BCUT2D eigenvalue weighted by Gasteiger charge is -2.47. The van der Waals surface area contributed by atoms with Crippen LogP contribution >= 0.6 is 0 Å². The molecule has 3 rings (SSSR count). The van der Waals surface area contributed by atoms with Crippen molar-refractivity contribution in [1.82, 2.24) is 4.90 Å². The van der Waals surface area contributed by atoms with Crippen LogP contribution in [0, 0.1) is 22.6 Å². The van der Waals surface area contributed by atoms with Gasteiger partial charge in [-0.25, -0.2) is 4.39 Å². The number of imide groups is 1. The second kappa shape index (κ2) is 5.93. The molecule has 134 valence electrons. The Morgan fingerprint density at radius 3 is 2.72 bits per heavy atom. The molecule has 25 heavy (non-hydrogen) atoms. The van der Waals surface area contributed by atoms with E-state index < -0.39 is 11.2 Å². The summed E-state index contributed by atoms with van der Waals surface area (Å²) in [5.74, 6) is -1.33. The molecule has 2 bridgehead atoms. The number of hydrogen-bond donors (Lipinski definition) is 1. The first kappa shape index (κ1) is 17.6. The predicted octanol–water partition coefficient (Wildman–Crippen LogP) is 2.97. The average molecular weight is 346 g/mol. The van der Waals surface area contributed by atoms with Crippen LogP contribution in [0.3, 0.4) is 0 Å². The highest BCUT2D eigenvalue weighted by atomic mass is 19.1. The van der Waals surface area contributed by atoms with Crippen molar-refractivity contribution in [2.24, 2.45) is 16.7 Å². The smallest absolute Gasteiger partial charge is 0.235 e. The molecule has 2 atom stereocenters. The van der Waals surface area contributed by atoms with Gasteiger partial charge in [-0.05, 0) is 36.5 Å². The zero-order valence-corrected chi connectivity index (χ0v) is 14.8. The molecule has 0 aromatic heterocycles. The molecule has 1 aromatic rings. The minimum absolute atomic E-state index is 0.00276. The minimum atomic E-state index is -0.565. The molecular weight excluding hydrogens is 323 g/mol. The van der Waals surface area contributed by atoms with Crippen molar-refractivity contribution in [3.8, 4) is 0 Å². The van der Waals surface area contributed by atoms with Gasteiger partial charge in [0, 0.05) is 24.6 Å². The monoisotopic (exact) mass is 346 g/mol. The van der Waals surface area contributed by atoms with E-state index in [1.54, 1.807) is 6.07 Å². The number of rotatable bonds is 4. The van der Waals surface area contributed by atoms with Crippen LogP contribution in [0.5, 0.6) is 0 Å². The Kier molecular flexibility index (Phi) is 4.17. The molecule has 1 saturated heterocycles. The lowest BCUT2D eigenvalue weighted by molar-refractivity contribution is -0.167. The predicted molar refractivity (Wildman–Crippen MR) is 91.0 cm³/mol. The third-order valence-electron chi connectivity index (χ3n) is 6.18. The minimum Gasteiger partial charge on any atom is -0.326 e. The SMILES string of the molecule is CC12CCC(C(=O)N(CCC(=O)Nc3cccc(F)c3)C1=O)C2(C)C. The van der Waals surface area contributed by atoms with Crippen molar-refractivity contribution < 1.29 is 18.8 Å². The van der Waals surface area contributed by atoms with Crippen LogP contribution in [-0.4, -0.2) is 29.2 Å². The third-order valence-corrected chi connectivity index (χ3v) is 6.18. The Morgan fingerprint density at radius 1 is 1.32 bits per heavy atom. The molecule has 1 heterocycles. The van der Waals surface area contributed by atoms with Gasteiger partial charge in [0.25, 0.3) is 0 Å². The van der Waals surface area contributed by atoms with Crippen LogP contribution in [0.4, 0.5) is 10.1 Å². The van der Waals surface area contributed by atoms with E-state index in [2.05, 4.69) is 5.32 Å². The first-order valence-electron chi connectivity index (χ1n) is 8.58. The molecule has 2 fully saturated rings. The molecule has 3 amide bonds. The maximum atomic E-state index is 13.2. The molecule has 0 radical (unpaired) electrons. The van der Waals surface area contributed by atoms with Gasteiger partial charge in [0.2, 0.25) is 17.7 Å². The van der Waals surface area contributed by atoms with Gasteiger partial charge in [-0.1, -0.05) is 26.8 Å². The number of fused-ring (bicyclic) bond motifs is 2. The number of anilines is 1. The maximum absolute atomic E-state index is 13.2. The van der Waals surface area contributed by atoms with Crippen molar-refractivity contribution in [3.63, 3.8) is 0 Å². The normalized spacial score (nSPS) is 27.5. The molecule has 1 aliphatic heterocycles. The number of amides is 3. The van der Waals surface area contributed by atoms with Crippen LogP contribution < -0.4 is 5.32 Å². The fourth-order valence-electron chi connectivity index (χ4n) is 4.12. The van der Waals surface area contributed by atoms with E-state index in [9.17, 15) is 18.8 Å². The number of benzene rings is 1. The highest BCUT2D eigenvalue weighted by Crippen LogP contribution is 2.59. The van der Waals surface area contributed by atoms with E-state index >= 15 is 0 Å². The summed E-state index contributed by atoms with van der Waals surface area (Å²) in [5, 5.41) is 2.59. The molecule has 6 heteroatoms. The van der Waals surface area contributed by atoms with Crippen molar-refractivity contribution in [3.05, 3.63) is 30.1 Å². The van der Waals surface area contributed by atoms with Crippen molar-refractivity contribution in [2.75, 3.05) is 11.9 Å². The van der Waals surface area contributed by atoms with Crippen molar-refractivity contribution >= 4 is 23.4 Å². The summed E-state index contributed by atoms with van der Waals surface area (Å²) >= 11 is 0. The van der Waals surface area contributed by atoms with Crippen molar-refractivity contribution in [1.29, 1.82) is 0 Å². The Morgan fingerprint density at radius 2 is 2.04 bits per heavy atom. The molecule has 1 aliphatic carbocycles. The number of piperidine rings is 1. The van der Waals surface area contributed by atoms with Crippen LogP contribution in [0.2, 0.25) is 0 Å². The number of carbonyl (C=O) groups is 3. The van der Waals surface area contributed by atoms with E-state index in [-0.39, 0.29) is 42.0 Å². The van der Waals surface area contributed by atoms with Gasteiger partial charge < -0.3 is 5.32 Å². The zero-order chi connectivity index (χ0) is 18.4. The first-order valence-corrected chi connectivity index (χ1v) is 8.58. The Labute approximate surface area is 146 Å². The number of halogens is 1. The van der Waals surface area contributed by atoms with Crippen LogP contribution in [0.25, 0.3) is 0 Å². The van der Waals surface area contributed by atoms with Gasteiger partial charge in [-0.2, -0.15) is 0 Å². The number of nitrogens with zero attached hydrogens (tertiary/aromatic N) is 1. The first-order chi connectivity index (χ1) is 11.7. The largest absolute Gasteiger partial charge is 0.326 e. The topological polar surface area (TPSA) is 66.5 Å². The molecule has 1 saturated carbocycles. The van der Waals surface area contributed by atoms with E-state index in [0.29, 0.717) is 18.5 Å². The van der Waals surface area contributed by atoms with Crippen LogP contribution in [0.15, 0.2) is 24.3 Å². The van der Waals surface area contributed by atoms with Gasteiger partial charge in [0.1, 0.15) is 5.82 Å². The molecule has 2 unspecified atom stereocenters. The van der Waals surface area contributed by atoms with E-state index in [0.717, 1.165) is 0 Å². The second-order valence-electron chi connectivity index (χ2n) is 7.75. The Bertz CT molecular complexity index is 746. The van der Waals surface area contributed by atoms with E-state index in [4.69, 9.17) is 0 Å². The highest BCUT2D eigenvalue weighted by molar-refractivity contribution is 6.04. The van der Waals surface area contributed by atoms with Crippen LogP contribution in [0.1, 0.15) is 40.0 Å². The quantitative estimate of drug-likeness (QED) is 0.853. The number of carbonyl (C=O) groups excluding carboxylic acids is 3. The summed E-state index contributed by atoms with van der Waals surface area (Å²) in [7, 11) is 0. The summed E-state index contributed by atoms with van der Waals surface area (Å²) in [4.78, 5) is 38.9. The molecule has 1 aromatic carbocycles.